The van der Waals surface area contributed by atoms with Crippen LogP contribution in [0.25, 0.3) is 10.1 Å². The number of aryl methyl sites for hydroxylation is 2. The minimum Gasteiger partial charge on any atom is -0.490 e. The van der Waals surface area contributed by atoms with Crippen molar-refractivity contribution in [1.82, 2.24) is 4.90 Å². The van der Waals surface area contributed by atoms with E-state index in [4.69, 9.17) is 9.47 Å². The van der Waals surface area contributed by atoms with E-state index in [0.717, 1.165) is 38.1 Å². The van der Waals surface area contributed by atoms with Crippen LogP contribution in [0, 0.1) is 0 Å². The van der Waals surface area contributed by atoms with Crippen LogP contribution in [0.5, 0.6) is 5.75 Å². The van der Waals surface area contributed by atoms with Gasteiger partial charge < -0.3 is 9.47 Å². The summed E-state index contributed by atoms with van der Waals surface area (Å²) in [4.78, 5) is 4.23. The first kappa shape index (κ1) is 16.1. The van der Waals surface area contributed by atoms with E-state index in [1.54, 1.807) is 10.4 Å². The smallest absolute Gasteiger partial charge is 0.128 e. The Morgan fingerprint density at radius 1 is 1.04 bits per heavy atom. The Kier molecular flexibility index (Phi) is 4.44. The van der Waals surface area contributed by atoms with Gasteiger partial charge in [0.15, 0.2) is 0 Å². The van der Waals surface area contributed by atoms with Crippen LogP contribution in [-0.2, 0) is 17.6 Å². The fourth-order valence-electron chi connectivity index (χ4n) is 4.87. The summed E-state index contributed by atoms with van der Waals surface area (Å²) in [5, 5.41) is 1.43. The fourth-order valence-corrected chi connectivity index (χ4v) is 6.18. The molecule has 1 aromatic carbocycles. The van der Waals surface area contributed by atoms with E-state index >= 15 is 0 Å². The molecule has 1 aliphatic heterocycles. The molecule has 0 unspecified atom stereocenters. The second kappa shape index (κ2) is 6.90. The number of hydrogen-bond donors (Lipinski definition) is 0. The molecule has 1 saturated heterocycles. The molecule has 4 heteroatoms. The van der Waals surface area contributed by atoms with Crippen LogP contribution in [0.1, 0.15) is 42.5 Å². The van der Waals surface area contributed by atoms with Crippen molar-refractivity contribution in [2.24, 2.45) is 0 Å². The molecular weight excluding hydrogens is 330 g/mol. The van der Waals surface area contributed by atoms with Crippen LogP contribution in [0.15, 0.2) is 18.2 Å². The number of nitrogens with zero attached hydrogens (tertiary/aromatic N) is 1. The lowest BCUT2D eigenvalue weighted by Gasteiger charge is -2.38. The Morgan fingerprint density at radius 3 is 2.72 bits per heavy atom. The third kappa shape index (κ3) is 3.09. The molecule has 0 N–H and O–H groups in total. The van der Waals surface area contributed by atoms with Gasteiger partial charge in [-0.25, -0.2) is 0 Å². The van der Waals surface area contributed by atoms with Crippen LogP contribution < -0.4 is 4.74 Å². The number of fused-ring (bicyclic) bond motifs is 3. The zero-order valence-corrected chi connectivity index (χ0v) is 15.7. The van der Waals surface area contributed by atoms with Crippen molar-refractivity contribution in [3.05, 3.63) is 28.6 Å². The molecule has 0 bridgehead atoms. The molecule has 134 valence electrons. The van der Waals surface area contributed by atoms with Gasteiger partial charge in [-0.3, -0.25) is 4.90 Å². The second-order valence-electron chi connectivity index (χ2n) is 7.68. The highest BCUT2D eigenvalue weighted by Gasteiger charge is 2.28. The van der Waals surface area contributed by atoms with Crippen LogP contribution in [0.4, 0.5) is 0 Å². The first-order valence-corrected chi connectivity index (χ1v) is 10.7. The predicted octanol–water partition coefficient (Wildman–Crippen LogP) is 4.41. The summed E-state index contributed by atoms with van der Waals surface area (Å²) in [6, 6.07) is 7.37. The molecule has 3 nitrogen and oxygen atoms in total. The molecule has 2 heterocycles. The number of hydrogen-bond acceptors (Lipinski definition) is 4. The van der Waals surface area contributed by atoms with Gasteiger partial charge in [-0.05, 0) is 62.6 Å². The molecule has 3 aliphatic rings. The van der Waals surface area contributed by atoms with E-state index in [1.165, 1.54) is 55.0 Å². The zero-order chi connectivity index (χ0) is 16.6. The first-order valence-electron chi connectivity index (χ1n) is 9.90. The van der Waals surface area contributed by atoms with E-state index in [9.17, 15) is 0 Å². The van der Waals surface area contributed by atoms with Crippen LogP contribution in [0.3, 0.4) is 0 Å². The summed E-state index contributed by atoms with van der Waals surface area (Å²) in [5.74, 6) is 1.15. The Labute approximate surface area is 153 Å². The highest BCUT2D eigenvalue weighted by atomic mass is 32.1. The molecule has 1 aromatic heterocycles. The van der Waals surface area contributed by atoms with Gasteiger partial charge in [-0.2, -0.15) is 0 Å². The first-order chi connectivity index (χ1) is 12.4. The molecule has 1 saturated carbocycles. The Morgan fingerprint density at radius 2 is 1.88 bits per heavy atom. The molecule has 0 radical (unpaired) electrons. The minimum absolute atomic E-state index is 0.389. The summed E-state index contributed by atoms with van der Waals surface area (Å²) in [5.41, 5.74) is 1.58. The molecule has 0 amide bonds. The molecule has 2 aliphatic carbocycles. The number of morpholine rings is 1. The number of thiophene rings is 1. The van der Waals surface area contributed by atoms with Crippen molar-refractivity contribution in [2.75, 3.05) is 26.3 Å². The van der Waals surface area contributed by atoms with Gasteiger partial charge in [0, 0.05) is 34.1 Å². The molecule has 2 fully saturated rings. The van der Waals surface area contributed by atoms with Gasteiger partial charge in [0.1, 0.15) is 5.75 Å². The van der Waals surface area contributed by atoms with E-state index < -0.39 is 0 Å². The average Bonchev–Trinajstić information content (AvgIpc) is 3.24. The third-order valence-corrected chi connectivity index (χ3v) is 7.45. The maximum Gasteiger partial charge on any atom is 0.128 e. The van der Waals surface area contributed by atoms with Crippen LogP contribution >= 0.6 is 11.3 Å². The summed E-state index contributed by atoms with van der Waals surface area (Å²) < 4.78 is 13.5. The molecule has 5 rings (SSSR count). The lowest BCUT2D eigenvalue weighted by molar-refractivity contribution is -0.000914. The van der Waals surface area contributed by atoms with E-state index in [1.807, 2.05) is 11.3 Å². The van der Waals surface area contributed by atoms with Gasteiger partial charge in [-0.1, -0.05) is 6.07 Å². The Bertz CT molecular complexity index is 742. The van der Waals surface area contributed by atoms with Crippen molar-refractivity contribution < 1.29 is 9.47 Å². The van der Waals surface area contributed by atoms with Gasteiger partial charge in [0.2, 0.25) is 0 Å². The summed E-state index contributed by atoms with van der Waals surface area (Å²) in [7, 11) is 0. The van der Waals surface area contributed by atoms with Crippen LogP contribution in [-0.4, -0.2) is 43.3 Å². The normalized spacial score (nSPS) is 27.5. The van der Waals surface area contributed by atoms with Crippen molar-refractivity contribution in [3.8, 4) is 5.75 Å². The maximum atomic E-state index is 6.55. The topological polar surface area (TPSA) is 21.7 Å². The van der Waals surface area contributed by atoms with Crippen molar-refractivity contribution in [2.45, 2.75) is 57.1 Å². The highest BCUT2D eigenvalue weighted by molar-refractivity contribution is 7.19. The van der Waals surface area contributed by atoms with Gasteiger partial charge >= 0.3 is 0 Å². The quantitative estimate of drug-likeness (QED) is 0.812. The predicted molar refractivity (Wildman–Crippen MR) is 103 cm³/mol. The molecule has 2 aromatic rings. The maximum absolute atomic E-state index is 6.55. The lowest BCUT2D eigenvalue weighted by atomic mass is 9.91. The third-order valence-electron chi connectivity index (χ3n) is 6.19. The standard InChI is InChI=1S/C21H27NO2S/c1-3-17-19(5-1)25-20-6-2-4-18(21(17)20)24-16-9-7-15(8-10-16)22-11-13-23-14-12-22/h2,4,6,15-16H,1,3,5,7-14H2. The molecular formula is C21H27NO2S. The largest absolute Gasteiger partial charge is 0.490 e. The number of benzene rings is 1. The van der Waals surface area contributed by atoms with E-state index in [0.29, 0.717) is 6.10 Å². The van der Waals surface area contributed by atoms with Crippen molar-refractivity contribution >= 4 is 21.4 Å². The Balaban J connectivity index is 1.28. The second-order valence-corrected chi connectivity index (χ2v) is 8.82. The monoisotopic (exact) mass is 357 g/mol. The highest BCUT2D eigenvalue weighted by Crippen LogP contribution is 2.42. The van der Waals surface area contributed by atoms with Crippen molar-refractivity contribution in [3.63, 3.8) is 0 Å². The average molecular weight is 358 g/mol. The van der Waals surface area contributed by atoms with Crippen molar-refractivity contribution in [1.29, 1.82) is 0 Å². The Hall–Kier alpha value is -1.10. The minimum atomic E-state index is 0.389. The molecule has 0 atom stereocenters. The van der Waals surface area contributed by atoms with Gasteiger partial charge in [-0.15, -0.1) is 11.3 Å². The van der Waals surface area contributed by atoms with Gasteiger partial charge in [0.05, 0.1) is 19.3 Å². The lowest BCUT2D eigenvalue weighted by Crippen LogP contribution is -2.46. The zero-order valence-electron chi connectivity index (χ0n) is 14.8. The summed E-state index contributed by atoms with van der Waals surface area (Å²) in [6.45, 7) is 4.02. The van der Waals surface area contributed by atoms with Gasteiger partial charge in [0.25, 0.3) is 0 Å². The fraction of sp³-hybridized carbons (Fsp3) is 0.619. The SMILES string of the molecule is c1cc(OC2CCC(N3CCOCC3)CC2)c2c3c(sc2c1)CCC3. The van der Waals surface area contributed by atoms with E-state index in [-0.39, 0.29) is 0 Å². The molecule has 0 spiro atoms. The summed E-state index contributed by atoms with van der Waals surface area (Å²) >= 11 is 1.98. The summed E-state index contributed by atoms with van der Waals surface area (Å²) in [6.07, 6.45) is 9.11. The number of ether oxygens (including phenoxy) is 2. The molecule has 25 heavy (non-hydrogen) atoms. The number of rotatable bonds is 3. The van der Waals surface area contributed by atoms with E-state index in [2.05, 4.69) is 23.1 Å². The van der Waals surface area contributed by atoms with Crippen LogP contribution in [0.2, 0.25) is 0 Å².